The molecule has 0 aliphatic carbocycles. The molecule has 1 aliphatic rings. The smallest absolute Gasteiger partial charge is 0.316 e. The molecule has 0 bridgehead atoms. The number of nitrogens with zero attached hydrogens (tertiary/aromatic N) is 3. The summed E-state index contributed by atoms with van der Waals surface area (Å²) in [5, 5.41) is 0. The Morgan fingerprint density at radius 2 is 2.15 bits per heavy atom. The molecule has 0 aromatic carbocycles. The zero-order chi connectivity index (χ0) is 9.10. The highest BCUT2D eigenvalue weighted by Crippen LogP contribution is 2.07. The van der Waals surface area contributed by atoms with Gasteiger partial charge in [0.25, 0.3) is 0 Å². The zero-order valence-corrected chi connectivity index (χ0v) is 7.22. The number of carbonyl (C=O) groups excluding carboxylic acids is 1. The fourth-order valence-electron chi connectivity index (χ4n) is 1.35. The van der Waals surface area contributed by atoms with Gasteiger partial charge in [-0.25, -0.2) is 9.78 Å². The Bertz CT molecular complexity index is 278. The Morgan fingerprint density at radius 3 is 2.77 bits per heavy atom. The minimum absolute atomic E-state index is 0.296. The molecule has 1 amide bonds. The van der Waals surface area contributed by atoms with Gasteiger partial charge >= 0.3 is 6.09 Å². The van der Waals surface area contributed by atoms with E-state index in [1.165, 1.54) is 11.1 Å². The lowest BCUT2D eigenvalue weighted by Crippen LogP contribution is -2.34. The maximum atomic E-state index is 11.4. The lowest BCUT2D eigenvalue weighted by molar-refractivity contribution is 0.0995. The van der Waals surface area contributed by atoms with Crippen LogP contribution in [-0.2, 0) is 0 Å². The van der Waals surface area contributed by atoms with Crippen molar-refractivity contribution in [2.75, 3.05) is 13.1 Å². The number of amides is 1. The van der Waals surface area contributed by atoms with Crippen LogP contribution < -0.4 is 4.84 Å². The summed E-state index contributed by atoms with van der Waals surface area (Å²) < 4.78 is 1.31. The molecule has 0 saturated carbocycles. The standard InChI is InChI=1S/C8H11N3O2/c12-8(10-4-1-2-5-10)13-11-6-3-9-7-11/h3,6-7H,1-2,4-5H2. The van der Waals surface area contributed by atoms with Gasteiger partial charge in [0.05, 0.1) is 6.20 Å². The Labute approximate surface area is 75.9 Å². The summed E-state index contributed by atoms with van der Waals surface area (Å²) in [4.78, 5) is 21.8. The average molecular weight is 181 g/mol. The van der Waals surface area contributed by atoms with Crippen molar-refractivity contribution in [1.29, 1.82) is 0 Å². The zero-order valence-electron chi connectivity index (χ0n) is 7.22. The number of carbonyl (C=O) groups is 1. The van der Waals surface area contributed by atoms with Crippen LogP contribution in [0.25, 0.3) is 0 Å². The fourth-order valence-corrected chi connectivity index (χ4v) is 1.35. The number of aromatic nitrogens is 2. The molecule has 1 fully saturated rings. The van der Waals surface area contributed by atoms with Gasteiger partial charge in [0, 0.05) is 19.3 Å². The van der Waals surface area contributed by atoms with Crippen LogP contribution in [-0.4, -0.2) is 33.8 Å². The molecule has 0 unspecified atom stereocenters. The lowest BCUT2D eigenvalue weighted by Gasteiger charge is -2.13. The number of rotatable bonds is 1. The average Bonchev–Trinajstić information content (AvgIpc) is 2.74. The highest BCUT2D eigenvalue weighted by molar-refractivity contribution is 5.68. The molecule has 2 rings (SSSR count). The number of hydrogen-bond donors (Lipinski definition) is 0. The van der Waals surface area contributed by atoms with Crippen LogP contribution in [0.1, 0.15) is 12.8 Å². The monoisotopic (exact) mass is 181 g/mol. The van der Waals surface area contributed by atoms with E-state index in [2.05, 4.69) is 4.98 Å². The summed E-state index contributed by atoms with van der Waals surface area (Å²) in [6.07, 6.45) is 6.45. The van der Waals surface area contributed by atoms with E-state index in [0.29, 0.717) is 0 Å². The molecule has 70 valence electrons. The summed E-state index contributed by atoms with van der Waals surface area (Å²) in [6.45, 7) is 1.60. The second kappa shape index (κ2) is 3.47. The summed E-state index contributed by atoms with van der Waals surface area (Å²) in [6, 6.07) is 0. The van der Waals surface area contributed by atoms with Crippen molar-refractivity contribution in [1.82, 2.24) is 14.6 Å². The number of likely N-dealkylation sites (tertiary alicyclic amines) is 1. The van der Waals surface area contributed by atoms with Crippen molar-refractivity contribution in [3.63, 3.8) is 0 Å². The van der Waals surface area contributed by atoms with E-state index in [4.69, 9.17) is 4.84 Å². The molecule has 2 heterocycles. The van der Waals surface area contributed by atoms with Crippen molar-refractivity contribution < 1.29 is 9.63 Å². The van der Waals surface area contributed by atoms with Gasteiger partial charge in [-0.2, -0.15) is 4.73 Å². The van der Waals surface area contributed by atoms with E-state index in [1.807, 2.05) is 0 Å². The first-order valence-corrected chi connectivity index (χ1v) is 4.31. The third-order valence-electron chi connectivity index (χ3n) is 2.03. The largest absolute Gasteiger partial charge is 0.434 e. The van der Waals surface area contributed by atoms with Gasteiger partial charge in [-0.05, 0) is 12.8 Å². The van der Waals surface area contributed by atoms with Crippen molar-refractivity contribution >= 4 is 6.09 Å². The highest BCUT2D eigenvalue weighted by atomic mass is 16.7. The van der Waals surface area contributed by atoms with Crippen molar-refractivity contribution in [2.24, 2.45) is 0 Å². The third-order valence-corrected chi connectivity index (χ3v) is 2.03. The molecule has 1 aromatic rings. The van der Waals surface area contributed by atoms with Crippen LogP contribution >= 0.6 is 0 Å². The molecule has 5 nitrogen and oxygen atoms in total. The van der Waals surface area contributed by atoms with Crippen LogP contribution in [0.3, 0.4) is 0 Å². The Kier molecular flexibility index (Phi) is 2.16. The molecule has 1 aromatic heterocycles. The minimum atomic E-state index is -0.296. The van der Waals surface area contributed by atoms with Crippen molar-refractivity contribution in [3.05, 3.63) is 18.7 Å². The lowest BCUT2D eigenvalue weighted by atomic mass is 10.4. The maximum absolute atomic E-state index is 11.4. The summed E-state index contributed by atoms with van der Waals surface area (Å²) in [7, 11) is 0. The summed E-state index contributed by atoms with van der Waals surface area (Å²) >= 11 is 0. The van der Waals surface area contributed by atoms with E-state index in [9.17, 15) is 4.79 Å². The number of hydrogen-bond acceptors (Lipinski definition) is 3. The van der Waals surface area contributed by atoms with Crippen LogP contribution in [0.2, 0.25) is 0 Å². The summed E-state index contributed by atoms with van der Waals surface area (Å²) in [5.41, 5.74) is 0. The van der Waals surface area contributed by atoms with E-state index in [0.717, 1.165) is 25.9 Å². The van der Waals surface area contributed by atoms with E-state index in [1.54, 1.807) is 17.3 Å². The maximum Gasteiger partial charge on any atom is 0.434 e. The molecule has 1 saturated heterocycles. The predicted octanol–water partition coefficient (Wildman–Crippen LogP) is 0.527. The van der Waals surface area contributed by atoms with Gasteiger partial charge in [0.2, 0.25) is 0 Å². The van der Waals surface area contributed by atoms with Crippen LogP contribution in [0.15, 0.2) is 18.7 Å². The first-order chi connectivity index (χ1) is 6.36. The second-order valence-electron chi connectivity index (χ2n) is 2.97. The molecule has 5 heteroatoms. The quantitative estimate of drug-likeness (QED) is 0.634. The van der Waals surface area contributed by atoms with Crippen LogP contribution in [0.4, 0.5) is 4.79 Å². The molecule has 0 spiro atoms. The van der Waals surface area contributed by atoms with Crippen LogP contribution in [0, 0.1) is 0 Å². The SMILES string of the molecule is O=C(On1ccnc1)N1CCCC1. The van der Waals surface area contributed by atoms with Gasteiger partial charge in [-0.1, -0.05) is 0 Å². The second-order valence-corrected chi connectivity index (χ2v) is 2.97. The predicted molar refractivity (Wildman–Crippen MR) is 45.0 cm³/mol. The molecule has 1 aliphatic heterocycles. The number of imidazole rings is 1. The minimum Gasteiger partial charge on any atom is -0.316 e. The van der Waals surface area contributed by atoms with Gasteiger partial charge in [-0.15, -0.1) is 0 Å². The highest BCUT2D eigenvalue weighted by Gasteiger charge is 2.19. The molecular formula is C8H11N3O2. The Hall–Kier alpha value is -1.52. The van der Waals surface area contributed by atoms with Gasteiger partial charge < -0.3 is 9.74 Å². The normalized spacial score (nSPS) is 16.2. The molecule has 0 radical (unpaired) electrons. The topological polar surface area (TPSA) is 47.4 Å². The van der Waals surface area contributed by atoms with E-state index >= 15 is 0 Å². The Morgan fingerprint density at radius 1 is 1.38 bits per heavy atom. The van der Waals surface area contributed by atoms with E-state index < -0.39 is 0 Å². The van der Waals surface area contributed by atoms with Crippen LogP contribution in [0.5, 0.6) is 0 Å². The molecule has 0 atom stereocenters. The van der Waals surface area contributed by atoms with Crippen molar-refractivity contribution in [2.45, 2.75) is 12.8 Å². The molecule has 13 heavy (non-hydrogen) atoms. The molecular weight excluding hydrogens is 170 g/mol. The first-order valence-electron chi connectivity index (χ1n) is 4.31. The fraction of sp³-hybridized carbons (Fsp3) is 0.500. The van der Waals surface area contributed by atoms with Gasteiger partial charge in [0.15, 0.2) is 0 Å². The summed E-state index contributed by atoms with van der Waals surface area (Å²) in [5.74, 6) is 0. The van der Waals surface area contributed by atoms with Gasteiger partial charge in [-0.3, -0.25) is 0 Å². The van der Waals surface area contributed by atoms with Gasteiger partial charge in [0.1, 0.15) is 6.33 Å². The van der Waals surface area contributed by atoms with Crippen molar-refractivity contribution in [3.8, 4) is 0 Å². The third kappa shape index (κ3) is 1.80. The molecule has 0 N–H and O–H groups in total. The van der Waals surface area contributed by atoms with E-state index in [-0.39, 0.29) is 6.09 Å². The Balaban J connectivity index is 1.91. The first kappa shape index (κ1) is 8.10.